The molecule has 3 rings (SSSR count). The number of hydrogen-bond acceptors (Lipinski definition) is 7. The monoisotopic (exact) mass is 558 g/mol. The maximum atomic E-state index is 12.5. The predicted octanol–water partition coefficient (Wildman–Crippen LogP) is 6.41. The number of rotatable bonds is 17. The Bertz CT molecular complexity index is 997. The summed E-state index contributed by atoms with van der Waals surface area (Å²) in [7, 11) is 3.06. The Morgan fingerprint density at radius 1 is 0.949 bits per heavy atom. The molecule has 2 amide bonds. The number of nitrogens with zero attached hydrogens (tertiary/aromatic N) is 2. The fourth-order valence-corrected chi connectivity index (χ4v) is 5.89. The average molecular weight is 559 g/mol. The first kappa shape index (κ1) is 30.9. The summed E-state index contributed by atoms with van der Waals surface area (Å²) in [5.74, 6) is -0.351. The third-order valence-corrected chi connectivity index (χ3v) is 8.41. The molecule has 216 valence electrons. The Balaban J connectivity index is 1.35. The van der Waals surface area contributed by atoms with Gasteiger partial charge in [-0.15, -0.1) is 0 Å². The van der Waals surface area contributed by atoms with Crippen LogP contribution in [0.25, 0.3) is 10.4 Å². The number of esters is 1. The van der Waals surface area contributed by atoms with E-state index in [-0.39, 0.29) is 24.1 Å². The fraction of sp³-hybridized carbons (Fsp3) is 0.633. The number of benzene rings is 1. The number of carbonyl (C=O) groups excluding carboxylic acids is 2. The summed E-state index contributed by atoms with van der Waals surface area (Å²) in [5, 5.41) is 6.99. The average Bonchev–Trinajstić information content (AvgIpc) is 3.61. The maximum absolute atomic E-state index is 12.5. The van der Waals surface area contributed by atoms with Crippen LogP contribution < -0.4 is 15.5 Å². The molecule has 0 aliphatic carbocycles. The van der Waals surface area contributed by atoms with Crippen LogP contribution in [-0.4, -0.2) is 63.0 Å². The smallest absolute Gasteiger partial charge is 0.337 e. The SMILES string of the molecule is CCCCCCCCCCCCCNC(=O)N[C@H]1CN(c2ncc(-c3ccc(C(=O)OC)cc3)s2)C[C@@H]1OC. The van der Waals surface area contributed by atoms with E-state index in [1.54, 1.807) is 30.6 Å². The summed E-state index contributed by atoms with van der Waals surface area (Å²) in [4.78, 5) is 32.0. The van der Waals surface area contributed by atoms with Crippen molar-refractivity contribution in [3.63, 3.8) is 0 Å². The lowest BCUT2D eigenvalue weighted by atomic mass is 10.1. The first-order valence-corrected chi connectivity index (χ1v) is 15.3. The molecule has 0 saturated carbocycles. The number of hydrogen-bond donors (Lipinski definition) is 2. The van der Waals surface area contributed by atoms with Crippen LogP contribution in [0.1, 0.15) is 87.9 Å². The Morgan fingerprint density at radius 2 is 1.59 bits per heavy atom. The van der Waals surface area contributed by atoms with Gasteiger partial charge in [-0.2, -0.15) is 0 Å². The van der Waals surface area contributed by atoms with Gasteiger partial charge in [0, 0.05) is 32.9 Å². The highest BCUT2D eigenvalue weighted by Gasteiger charge is 2.35. The van der Waals surface area contributed by atoms with E-state index in [1.165, 1.54) is 64.9 Å². The Kier molecular flexibility index (Phi) is 13.6. The molecule has 1 aliphatic rings. The molecule has 1 aromatic heterocycles. The van der Waals surface area contributed by atoms with Crippen molar-refractivity contribution < 1.29 is 19.1 Å². The van der Waals surface area contributed by atoms with Gasteiger partial charge >= 0.3 is 12.0 Å². The van der Waals surface area contributed by atoms with Gasteiger partial charge in [0.15, 0.2) is 5.13 Å². The summed E-state index contributed by atoms with van der Waals surface area (Å²) in [6, 6.07) is 7.06. The van der Waals surface area contributed by atoms with E-state index in [1.807, 2.05) is 18.3 Å². The quantitative estimate of drug-likeness (QED) is 0.172. The number of amides is 2. The van der Waals surface area contributed by atoms with Crippen LogP contribution in [0.15, 0.2) is 30.5 Å². The van der Waals surface area contributed by atoms with Crippen LogP contribution in [0.4, 0.5) is 9.93 Å². The first-order chi connectivity index (χ1) is 19.0. The molecule has 2 heterocycles. The van der Waals surface area contributed by atoms with Crippen molar-refractivity contribution in [3.05, 3.63) is 36.0 Å². The molecule has 0 bridgehead atoms. The van der Waals surface area contributed by atoms with Crippen molar-refractivity contribution in [1.82, 2.24) is 15.6 Å². The van der Waals surface area contributed by atoms with Crippen molar-refractivity contribution in [2.45, 2.75) is 89.7 Å². The second-order valence-electron chi connectivity index (χ2n) is 10.3. The van der Waals surface area contributed by atoms with Crippen LogP contribution in [0.3, 0.4) is 0 Å². The molecule has 2 N–H and O–H groups in total. The van der Waals surface area contributed by atoms with E-state index in [0.29, 0.717) is 25.2 Å². The number of unbranched alkanes of at least 4 members (excludes halogenated alkanes) is 10. The van der Waals surface area contributed by atoms with Crippen LogP contribution in [-0.2, 0) is 9.47 Å². The van der Waals surface area contributed by atoms with E-state index in [4.69, 9.17) is 9.47 Å². The highest BCUT2D eigenvalue weighted by molar-refractivity contribution is 7.18. The summed E-state index contributed by atoms with van der Waals surface area (Å²) in [6.45, 7) is 4.25. The number of carbonyl (C=O) groups is 2. The summed E-state index contributed by atoms with van der Waals surface area (Å²) < 4.78 is 10.5. The number of thiazole rings is 1. The third kappa shape index (κ3) is 10.1. The Hall–Kier alpha value is -2.65. The molecule has 2 atom stereocenters. The van der Waals surface area contributed by atoms with E-state index < -0.39 is 0 Å². The highest BCUT2D eigenvalue weighted by atomic mass is 32.1. The van der Waals surface area contributed by atoms with E-state index in [2.05, 4.69) is 27.4 Å². The lowest BCUT2D eigenvalue weighted by Crippen LogP contribution is -2.48. The van der Waals surface area contributed by atoms with E-state index in [0.717, 1.165) is 28.4 Å². The van der Waals surface area contributed by atoms with Crippen LogP contribution in [0, 0.1) is 0 Å². The zero-order valence-corrected chi connectivity index (χ0v) is 24.7. The summed E-state index contributed by atoms with van der Waals surface area (Å²) >= 11 is 1.58. The van der Waals surface area contributed by atoms with Crippen LogP contribution in [0.5, 0.6) is 0 Å². The molecule has 9 heteroatoms. The number of aromatic nitrogens is 1. The molecule has 2 aromatic rings. The van der Waals surface area contributed by atoms with E-state index >= 15 is 0 Å². The highest BCUT2D eigenvalue weighted by Crippen LogP contribution is 2.33. The number of anilines is 1. The van der Waals surface area contributed by atoms with Gasteiger partial charge in [-0.3, -0.25) is 0 Å². The predicted molar refractivity (Wildman–Crippen MR) is 159 cm³/mol. The van der Waals surface area contributed by atoms with Crippen molar-refractivity contribution in [2.24, 2.45) is 0 Å². The second-order valence-corrected chi connectivity index (χ2v) is 11.3. The zero-order valence-electron chi connectivity index (χ0n) is 23.9. The van der Waals surface area contributed by atoms with Crippen LogP contribution >= 0.6 is 11.3 Å². The molecule has 1 aromatic carbocycles. The number of urea groups is 1. The van der Waals surface area contributed by atoms with Crippen LogP contribution in [0.2, 0.25) is 0 Å². The van der Waals surface area contributed by atoms with Gasteiger partial charge in [-0.05, 0) is 24.1 Å². The molecular formula is C30H46N4O4S. The molecule has 0 radical (unpaired) electrons. The first-order valence-electron chi connectivity index (χ1n) is 14.5. The van der Waals surface area contributed by atoms with Gasteiger partial charge in [-0.1, -0.05) is 94.6 Å². The minimum absolute atomic E-state index is 0.107. The molecule has 1 saturated heterocycles. The minimum atomic E-state index is -0.351. The standard InChI is InChI=1S/C30H46N4O4S/c1-4-5-6-7-8-9-10-11-12-13-14-19-31-29(36)33-25-21-34(22-26(25)37-2)30-32-20-27(39-30)23-15-17-24(18-16-23)28(35)38-3/h15-18,20,25-26H,4-14,19,21-22H2,1-3H3,(H2,31,33,36)/t25-,26-/m0/s1. The molecular weight excluding hydrogens is 512 g/mol. The normalized spacial score (nSPS) is 16.8. The van der Waals surface area contributed by atoms with Crippen molar-refractivity contribution in [1.29, 1.82) is 0 Å². The minimum Gasteiger partial charge on any atom is -0.465 e. The Morgan fingerprint density at radius 3 is 2.21 bits per heavy atom. The fourth-order valence-electron chi connectivity index (χ4n) is 4.95. The van der Waals surface area contributed by atoms with Crippen molar-refractivity contribution in [2.75, 3.05) is 38.8 Å². The maximum Gasteiger partial charge on any atom is 0.337 e. The third-order valence-electron chi connectivity index (χ3n) is 7.31. The lowest BCUT2D eigenvalue weighted by Gasteiger charge is -2.18. The number of nitrogens with one attached hydrogen (secondary N) is 2. The van der Waals surface area contributed by atoms with Gasteiger partial charge in [0.1, 0.15) is 0 Å². The molecule has 39 heavy (non-hydrogen) atoms. The molecule has 8 nitrogen and oxygen atoms in total. The van der Waals surface area contributed by atoms with Gasteiger partial charge in [-0.25, -0.2) is 14.6 Å². The summed E-state index contributed by atoms with van der Waals surface area (Å²) in [6.07, 6.45) is 16.0. The topological polar surface area (TPSA) is 92.8 Å². The molecule has 1 fully saturated rings. The number of methoxy groups -OCH3 is 2. The van der Waals surface area contributed by atoms with Gasteiger partial charge in [0.2, 0.25) is 0 Å². The summed E-state index contributed by atoms with van der Waals surface area (Å²) in [5.41, 5.74) is 1.51. The second kappa shape index (κ2) is 17.1. The molecule has 1 aliphatic heterocycles. The number of ether oxygens (including phenoxy) is 2. The molecule has 0 unspecified atom stereocenters. The van der Waals surface area contributed by atoms with Crippen molar-refractivity contribution >= 4 is 28.5 Å². The van der Waals surface area contributed by atoms with Crippen molar-refractivity contribution in [3.8, 4) is 10.4 Å². The van der Waals surface area contributed by atoms with Gasteiger partial charge in [0.25, 0.3) is 0 Å². The van der Waals surface area contributed by atoms with Gasteiger partial charge in [0.05, 0.1) is 29.7 Å². The Labute approximate surface area is 237 Å². The molecule has 0 spiro atoms. The van der Waals surface area contributed by atoms with E-state index in [9.17, 15) is 9.59 Å². The lowest BCUT2D eigenvalue weighted by molar-refractivity contribution is 0.0600. The zero-order chi connectivity index (χ0) is 27.9. The van der Waals surface area contributed by atoms with Gasteiger partial charge < -0.3 is 25.0 Å². The largest absolute Gasteiger partial charge is 0.465 e.